The first-order valence-corrected chi connectivity index (χ1v) is 7.84. The third-order valence-corrected chi connectivity index (χ3v) is 4.11. The minimum atomic E-state index is 0.709. The maximum absolute atomic E-state index is 4.64. The molecule has 0 fully saturated rings. The van der Waals surface area contributed by atoms with Crippen LogP contribution in [0.2, 0.25) is 0 Å². The van der Waals surface area contributed by atoms with E-state index in [9.17, 15) is 0 Å². The highest BCUT2D eigenvalue weighted by molar-refractivity contribution is 9.10. The number of anilines is 1. The van der Waals surface area contributed by atoms with Crippen molar-refractivity contribution in [2.24, 2.45) is 0 Å². The fourth-order valence-corrected chi connectivity index (χ4v) is 2.77. The van der Waals surface area contributed by atoms with Gasteiger partial charge in [0, 0.05) is 10.9 Å². The Hall–Kier alpha value is -1.72. The van der Waals surface area contributed by atoms with Crippen LogP contribution in [0.25, 0.3) is 11.3 Å². The number of hydrogen-bond acceptors (Lipinski definition) is 4. The highest BCUT2D eigenvalue weighted by atomic mass is 79.9. The molecule has 20 heavy (non-hydrogen) atoms. The molecule has 2 heterocycles. The van der Waals surface area contributed by atoms with Crippen molar-refractivity contribution in [3.05, 3.63) is 63.7 Å². The zero-order valence-corrected chi connectivity index (χ0v) is 13.0. The summed E-state index contributed by atoms with van der Waals surface area (Å²) in [6.07, 6.45) is 1.80. The zero-order chi connectivity index (χ0) is 13.8. The number of aromatic nitrogens is 2. The summed E-state index contributed by atoms with van der Waals surface area (Å²) in [7, 11) is 0. The minimum Gasteiger partial charge on any atom is -0.377 e. The summed E-state index contributed by atoms with van der Waals surface area (Å²) in [5.74, 6) is 0. The van der Waals surface area contributed by atoms with Gasteiger partial charge in [0.2, 0.25) is 0 Å². The maximum Gasteiger partial charge on any atom is 0.112 e. The summed E-state index contributed by atoms with van der Waals surface area (Å²) >= 11 is 4.98. The standard InChI is InChI=1S/C15H12BrN3S/c16-14-7-6-12(8-18-14)17-9-15-19-13(10-20-15)11-4-2-1-3-5-11/h1-8,10,17H,9H2. The van der Waals surface area contributed by atoms with Crippen LogP contribution in [0, 0.1) is 0 Å². The van der Waals surface area contributed by atoms with E-state index in [0.29, 0.717) is 6.54 Å². The van der Waals surface area contributed by atoms with E-state index < -0.39 is 0 Å². The SMILES string of the molecule is Brc1ccc(NCc2nc(-c3ccccc3)cs2)cn1. The molecule has 0 saturated carbocycles. The number of rotatable bonds is 4. The first-order chi connectivity index (χ1) is 9.81. The van der Waals surface area contributed by atoms with Crippen LogP contribution in [0.4, 0.5) is 5.69 Å². The van der Waals surface area contributed by atoms with Gasteiger partial charge in [-0.1, -0.05) is 30.3 Å². The largest absolute Gasteiger partial charge is 0.377 e. The summed E-state index contributed by atoms with van der Waals surface area (Å²) in [5.41, 5.74) is 3.17. The number of benzene rings is 1. The van der Waals surface area contributed by atoms with Gasteiger partial charge in [-0.2, -0.15) is 0 Å². The fourth-order valence-electron chi connectivity index (χ4n) is 1.79. The number of thiazole rings is 1. The van der Waals surface area contributed by atoms with Crippen molar-refractivity contribution in [1.82, 2.24) is 9.97 Å². The average Bonchev–Trinajstić information content (AvgIpc) is 2.97. The van der Waals surface area contributed by atoms with E-state index in [2.05, 4.69) is 48.7 Å². The Morgan fingerprint density at radius 2 is 1.95 bits per heavy atom. The lowest BCUT2D eigenvalue weighted by atomic mass is 10.2. The second-order valence-corrected chi connectivity index (χ2v) is 5.97. The molecular weight excluding hydrogens is 334 g/mol. The molecule has 0 atom stereocenters. The van der Waals surface area contributed by atoms with Gasteiger partial charge in [0.15, 0.2) is 0 Å². The molecule has 0 aliphatic carbocycles. The number of nitrogens with one attached hydrogen (secondary N) is 1. The van der Waals surface area contributed by atoms with Gasteiger partial charge in [-0.05, 0) is 28.1 Å². The third kappa shape index (κ3) is 3.23. The summed E-state index contributed by atoms with van der Waals surface area (Å²) in [5, 5.41) is 6.47. The molecule has 5 heteroatoms. The van der Waals surface area contributed by atoms with E-state index in [-0.39, 0.29) is 0 Å². The Morgan fingerprint density at radius 3 is 2.70 bits per heavy atom. The molecule has 0 saturated heterocycles. The van der Waals surface area contributed by atoms with Crippen molar-refractivity contribution >= 4 is 33.0 Å². The highest BCUT2D eigenvalue weighted by Gasteiger charge is 2.04. The summed E-state index contributed by atoms with van der Waals surface area (Å²) in [6.45, 7) is 0.709. The Kier molecular flexibility index (Phi) is 4.08. The molecule has 0 unspecified atom stereocenters. The smallest absolute Gasteiger partial charge is 0.112 e. The monoisotopic (exact) mass is 345 g/mol. The topological polar surface area (TPSA) is 37.8 Å². The number of hydrogen-bond donors (Lipinski definition) is 1. The normalized spacial score (nSPS) is 10.4. The van der Waals surface area contributed by atoms with Gasteiger partial charge < -0.3 is 5.32 Å². The molecule has 3 aromatic rings. The van der Waals surface area contributed by atoms with Gasteiger partial charge in [0.05, 0.1) is 24.1 Å². The predicted octanol–water partition coefficient (Wildman–Crippen LogP) is 4.58. The zero-order valence-electron chi connectivity index (χ0n) is 10.6. The second kappa shape index (κ2) is 6.15. The lowest BCUT2D eigenvalue weighted by molar-refractivity contribution is 1.10. The van der Waals surface area contributed by atoms with Crippen molar-refractivity contribution in [1.29, 1.82) is 0 Å². The van der Waals surface area contributed by atoms with Gasteiger partial charge in [0.1, 0.15) is 9.61 Å². The van der Waals surface area contributed by atoms with E-state index in [4.69, 9.17) is 0 Å². The maximum atomic E-state index is 4.64. The first-order valence-electron chi connectivity index (χ1n) is 6.16. The molecule has 0 radical (unpaired) electrons. The molecule has 0 spiro atoms. The fraction of sp³-hybridized carbons (Fsp3) is 0.0667. The van der Waals surface area contributed by atoms with Gasteiger partial charge in [0.25, 0.3) is 0 Å². The van der Waals surface area contributed by atoms with Crippen LogP contribution in [0.1, 0.15) is 5.01 Å². The number of nitrogens with zero attached hydrogens (tertiary/aromatic N) is 2. The molecule has 0 aliphatic rings. The van der Waals surface area contributed by atoms with Crippen molar-refractivity contribution in [2.75, 3.05) is 5.32 Å². The Bertz CT molecular complexity index is 680. The van der Waals surface area contributed by atoms with Gasteiger partial charge in [-0.15, -0.1) is 11.3 Å². The van der Waals surface area contributed by atoms with Crippen LogP contribution in [0.3, 0.4) is 0 Å². The summed E-state index contributed by atoms with van der Waals surface area (Å²) in [4.78, 5) is 8.82. The first kappa shape index (κ1) is 13.3. The Labute approximate surface area is 129 Å². The number of halogens is 1. The van der Waals surface area contributed by atoms with Crippen LogP contribution >= 0.6 is 27.3 Å². The predicted molar refractivity (Wildman–Crippen MR) is 86.8 cm³/mol. The third-order valence-electron chi connectivity index (χ3n) is 2.79. The van der Waals surface area contributed by atoms with Crippen LogP contribution in [-0.4, -0.2) is 9.97 Å². The Balaban J connectivity index is 1.67. The van der Waals surface area contributed by atoms with Gasteiger partial charge >= 0.3 is 0 Å². The van der Waals surface area contributed by atoms with E-state index in [0.717, 1.165) is 26.6 Å². The molecule has 0 aliphatic heterocycles. The molecule has 0 amide bonds. The molecular formula is C15H12BrN3S. The quantitative estimate of drug-likeness (QED) is 0.703. The minimum absolute atomic E-state index is 0.709. The molecule has 2 aromatic heterocycles. The lowest BCUT2D eigenvalue weighted by Gasteiger charge is -2.03. The lowest BCUT2D eigenvalue weighted by Crippen LogP contribution is -1.99. The van der Waals surface area contributed by atoms with E-state index >= 15 is 0 Å². The molecule has 0 bridgehead atoms. The molecule has 3 nitrogen and oxygen atoms in total. The van der Waals surface area contributed by atoms with Crippen LogP contribution in [0.15, 0.2) is 58.6 Å². The van der Waals surface area contributed by atoms with Crippen molar-refractivity contribution in [2.45, 2.75) is 6.54 Å². The Morgan fingerprint density at radius 1 is 1.10 bits per heavy atom. The van der Waals surface area contributed by atoms with E-state index in [1.54, 1.807) is 17.5 Å². The van der Waals surface area contributed by atoms with Crippen molar-refractivity contribution in [3.63, 3.8) is 0 Å². The van der Waals surface area contributed by atoms with E-state index in [1.165, 1.54) is 0 Å². The second-order valence-electron chi connectivity index (χ2n) is 4.22. The molecule has 100 valence electrons. The summed E-state index contributed by atoms with van der Waals surface area (Å²) < 4.78 is 0.837. The highest BCUT2D eigenvalue weighted by Crippen LogP contribution is 2.22. The average molecular weight is 346 g/mol. The van der Waals surface area contributed by atoms with Gasteiger partial charge in [-0.25, -0.2) is 9.97 Å². The van der Waals surface area contributed by atoms with Gasteiger partial charge in [-0.3, -0.25) is 0 Å². The molecule has 1 aromatic carbocycles. The van der Waals surface area contributed by atoms with Crippen molar-refractivity contribution < 1.29 is 0 Å². The number of pyridine rings is 1. The van der Waals surface area contributed by atoms with E-state index in [1.807, 2.05) is 30.3 Å². The van der Waals surface area contributed by atoms with Crippen LogP contribution in [-0.2, 0) is 6.54 Å². The summed E-state index contributed by atoms with van der Waals surface area (Å²) in [6, 6.07) is 14.1. The molecule has 3 rings (SSSR count). The van der Waals surface area contributed by atoms with Crippen LogP contribution < -0.4 is 5.32 Å². The van der Waals surface area contributed by atoms with Crippen molar-refractivity contribution in [3.8, 4) is 11.3 Å². The van der Waals surface area contributed by atoms with Crippen LogP contribution in [0.5, 0.6) is 0 Å². The molecule has 1 N–H and O–H groups in total.